The number of halogens is 4. The molecule has 0 aliphatic heterocycles. The number of rotatable bonds is 5. The summed E-state index contributed by atoms with van der Waals surface area (Å²) in [5.74, 6) is -2.24. The fraction of sp³-hybridized carbons (Fsp3) is 0.118. The van der Waals surface area contributed by atoms with E-state index in [4.69, 9.17) is 0 Å². The van der Waals surface area contributed by atoms with Crippen molar-refractivity contribution in [2.75, 3.05) is 0 Å². The number of phenolic OH excluding ortho intramolecular Hbond substituents is 1. The number of carbonyl (C=O) groups excluding carboxylic acids is 1. The topological polar surface area (TPSA) is 49.3 Å². The van der Waals surface area contributed by atoms with Crippen LogP contribution in [-0.4, -0.2) is 17.1 Å². The molecule has 0 bridgehead atoms. The van der Waals surface area contributed by atoms with Crippen LogP contribution in [0.15, 0.2) is 59.1 Å². The number of ketones is 1. The Morgan fingerprint density at radius 3 is 2.46 bits per heavy atom. The van der Waals surface area contributed by atoms with Crippen LogP contribution >= 0.6 is 15.9 Å². The van der Waals surface area contributed by atoms with Crippen molar-refractivity contribution >= 4 is 27.4 Å². The fourth-order valence-corrected chi connectivity index (χ4v) is 2.32. The lowest BCUT2D eigenvalue weighted by atomic mass is 10.1. The quantitative estimate of drug-likeness (QED) is 0.731. The lowest BCUT2D eigenvalue weighted by molar-refractivity contribution is -0.165. The van der Waals surface area contributed by atoms with Gasteiger partial charge in [-0.15, -0.1) is 0 Å². The zero-order valence-electron chi connectivity index (χ0n) is 12.3. The van der Waals surface area contributed by atoms with Crippen molar-refractivity contribution in [2.45, 2.75) is 12.7 Å². The van der Waals surface area contributed by atoms with Gasteiger partial charge < -0.3 is 10.4 Å². The number of benzene rings is 2. The second-order valence-corrected chi connectivity index (χ2v) is 5.84. The molecule has 0 saturated carbocycles. The van der Waals surface area contributed by atoms with Crippen LogP contribution < -0.4 is 5.32 Å². The van der Waals surface area contributed by atoms with Crippen molar-refractivity contribution in [1.82, 2.24) is 5.32 Å². The van der Waals surface area contributed by atoms with Gasteiger partial charge in [-0.05, 0) is 23.8 Å². The predicted molar refractivity (Wildman–Crippen MR) is 88.1 cm³/mol. The first-order chi connectivity index (χ1) is 11.3. The van der Waals surface area contributed by atoms with Crippen molar-refractivity contribution in [3.05, 3.63) is 70.2 Å². The Morgan fingerprint density at radius 1 is 1.17 bits per heavy atom. The minimum absolute atomic E-state index is 0.0953. The van der Waals surface area contributed by atoms with Crippen LogP contribution in [0.1, 0.15) is 11.1 Å². The molecule has 0 aliphatic rings. The highest BCUT2D eigenvalue weighted by Gasteiger charge is 2.37. The second-order valence-electron chi connectivity index (χ2n) is 4.92. The highest BCUT2D eigenvalue weighted by atomic mass is 79.9. The largest absolute Gasteiger partial charge is 0.507 e. The Kier molecular flexibility index (Phi) is 5.66. The Balaban J connectivity index is 2.36. The van der Waals surface area contributed by atoms with E-state index in [2.05, 4.69) is 21.2 Å². The molecule has 126 valence electrons. The third-order valence-electron chi connectivity index (χ3n) is 3.13. The van der Waals surface area contributed by atoms with Crippen molar-refractivity contribution in [3.63, 3.8) is 0 Å². The van der Waals surface area contributed by atoms with Crippen LogP contribution in [0.2, 0.25) is 0 Å². The summed E-state index contributed by atoms with van der Waals surface area (Å²) in [6.45, 7) is 0.198. The summed E-state index contributed by atoms with van der Waals surface area (Å²) in [5.41, 5.74) is 0.801. The van der Waals surface area contributed by atoms with Crippen LogP contribution in [0.25, 0.3) is 5.70 Å². The Hall–Kier alpha value is -2.28. The molecule has 0 heterocycles. The summed E-state index contributed by atoms with van der Waals surface area (Å²) < 4.78 is 38.3. The normalized spacial score (nSPS) is 12.1. The molecule has 7 heteroatoms. The van der Waals surface area contributed by atoms with Crippen molar-refractivity contribution in [2.24, 2.45) is 0 Å². The molecule has 2 aromatic carbocycles. The molecule has 2 aromatic rings. The monoisotopic (exact) mass is 399 g/mol. The van der Waals surface area contributed by atoms with Crippen molar-refractivity contribution in [1.29, 1.82) is 0 Å². The Labute approximate surface area is 144 Å². The van der Waals surface area contributed by atoms with Crippen LogP contribution in [0.5, 0.6) is 5.75 Å². The summed E-state index contributed by atoms with van der Waals surface area (Å²) in [7, 11) is 0. The summed E-state index contributed by atoms with van der Waals surface area (Å²) in [4.78, 5) is 11.3. The van der Waals surface area contributed by atoms with Crippen LogP contribution in [0, 0.1) is 0 Å². The number of carbonyl (C=O) groups is 1. The van der Waals surface area contributed by atoms with Crippen LogP contribution in [0.4, 0.5) is 13.2 Å². The number of allylic oxidation sites excluding steroid dienone is 1. The minimum Gasteiger partial charge on any atom is -0.507 e. The molecular weight excluding hydrogens is 387 g/mol. The van der Waals surface area contributed by atoms with E-state index in [0.29, 0.717) is 10.5 Å². The summed E-state index contributed by atoms with van der Waals surface area (Å²) in [6, 6.07) is 13.3. The summed E-state index contributed by atoms with van der Waals surface area (Å²) in [5, 5.41) is 12.7. The van der Waals surface area contributed by atoms with E-state index < -0.39 is 12.0 Å². The van der Waals surface area contributed by atoms with Gasteiger partial charge in [0.1, 0.15) is 5.75 Å². The number of nitrogens with one attached hydrogen (secondary N) is 1. The molecular formula is C17H13BrF3NO2. The summed E-state index contributed by atoms with van der Waals surface area (Å²) >= 11 is 3.19. The molecule has 0 saturated heterocycles. The average Bonchev–Trinajstić information content (AvgIpc) is 2.53. The van der Waals surface area contributed by atoms with Gasteiger partial charge in [-0.25, -0.2) is 0 Å². The van der Waals surface area contributed by atoms with E-state index in [1.165, 1.54) is 12.1 Å². The van der Waals surface area contributed by atoms with Gasteiger partial charge in [-0.2, -0.15) is 13.2 Å². The van der Waals surface area contributed by atoms with Gasteiger partial charge in [0.25, 0.3) is 5.78 Å². The van der Waals surface area contributed by atoms with Crippen molar-refractivity contribution in [3.8, 4) is 5.75 Å². The second kappa shape index (κ2) is 7.53. The summed E-state index contributed by atoms with van der Waals surface area (Å²) in [6.07, 6.45) is -4.54. The number of hydrogen-bond donors (Lipinski definition) is 2. The number of alkyl halides is 3. The predicted octanol–water partition coefficient (Wildman–Crippen LogP) is 4.42. The maximum atomic E-state index is 12.6. The number of aromatic hydroxyl groups is 1. The van der Waals surface area contributed by atoms with Crippen LogP contribution in [0.3, 0.4) is 0 Å². The minimum atomic E-state index is -4.98. The van der Waals surface area contributed by atoms with E-state index in [9.17, 15) is 23.1 Å². The molecule has 24 heavy (non-hydrogen) atoms. The Morgan fingerprint density at radius 2 is 1.83 bits per heavy atom. The van der Waals surface area contributed by atoms with Gasteiger partial charge in [0.15, 0.2) is 0 Å². The van der Waals surface area contributed by atoms with Gasteiger partial charge >= 0.3 is 6.18 Å². The maximum absolute atomic E-state index is 12.6. The molecule has 0 fully saturated rings. The third-order valence-corrected chi connectivity index (χ3v) is 3.62. The van der Waals surface area contributed by atoms with E-state index in [0.717, 1.165) is 5.56 Å². The molecule has 3 nitrogen and oxygen atoms in total. The molecule has 2 rings (SSSR count). The molecule has 0 radical (unpaired) electrons. The van der Waals surface area contributed by atoms with E-state index >= 15 is 0 Å². The van der Waals surface area contributed by atoms with Gasteiger partial charge in [0.05, 0.1) is 0 Å². The molecule has 0 spiro atoms. The van der Waals surface area contributed by atoms with Gasteiger partial charge in [0, 0.05) is 28.4 Å². The van der Waals surface area contributed by atoms with E-state index in [-0.39, 0.29) is 23.6 Å². The smallest absolute Gasteiger partial charge is 0.454 e. The maximum Gasteiger partial charge on any atom is 0.454 e. The first kappa shape index (κ1) is 18.1. The fourth-order valence-electron chi connectivity index (χ4n) is 1.95. The van der Waals surface area contributed by atoms with E-state index in [1.54, 1.807) is 30.3 Å². The average molecular weight is 400 g/mol. The highest BCUT2D eigenvalue weighted by molar-refractivity contribution is 9.10. The standard InChI is InChI=1S/C17H13BrF3NO2/c18-12-6-7-15(23)13(8-12)14(9-16(24)17(19,20)21)22-10-11-4-2-1-3-5-11/h1-9,22-23H,10H2/b14-9-. The lowest BCUT2D eigenvalue weighted by Gasteiger charge is -2.14. The zero-order valence-corrected chi connectivity index (χ0v) is 13.9. The first-order valence-corrected chi connectivity index (χ1v) is 7.66. The number of hydrogen-bond acceptors (Lipinski definition) is 3. The molecule has 2 N–H and O–H groups in total. The Bertz CT molecular complexity index is 758. The molecule has 0 amide bonds. The molecule has 0 aliphatic carbocycles. The van der Waals surface area contributed by atoms with Gasteiger partial charge in [-0.1, -0.05) is 46.3 Å². The highest BCUT2D eigenvalue weighted by Crippen LogP contribution is 2.28. The molecule has 0 atom stereocenters. The SMILES string of the molecule is O=C(/C=C(\NCc1ccccc1)c1cc(Br)ccc1O)C(F)(F)F. The molecule has 0 aromatic heterocycles. The van der Waals surface area contributed by atoms with Crippen LogP contribution in [-0.2, 0) is 11.3 Å². The number of phenols is 1. The van der Waals surface area contributed by atoms with Gasteiger partial charge in [0.2, 0.25) is 0 Å². The van der Waals surface area contributed by atoms with E-state index in [1.807, 2.05) is 6.07 Å². The first-order valence-electron chi connectivity index (χ1n) is 6.87. The van der Waals surface area contributed by atoms with Crippen molar-refractivity contribution < 1.29 is 23.1 Å². The van der Waals surface area contributed by atoms with Gasteiger partial charge in [-0.3, -0.25) is 4.79 Å². The third kappa shape index (κ3) is 4.86. The zero-order chi connectivity index (χ0) is 17.7. The lowest BCUT2D eigenvalue weighted by Crippen LogP contribution is -2.22. The molecule has 0 unspecified atom stereocenters.